The van der Waals surface area contributed by atoms with Crippen LogP contribution in [0.1, 0.15) is 22.8 Å². The maximum atomic E-state index is 12.4. The van der Waals surface area contributed by atoms with Gasteiger partial charge in [0.05, 0.1) is 18.3 Å². The Labute approximate surface area is 141 Å². The van der Waals surface area contributed by atoms with Crippen LogP contribution in [0.4, 0.5) is 4.39 Å². The van der Waals surface area contributed by atoms with Gasteiger partial charge in [0.1, 0.15) is 6.67 Å². The predicted octanol–water partition coefficient (Wildman–Crippen LogP) is 2.10. The second kappa shape index (κ2) is 7.57. The van der Waals surface area contributed by atoms with E-state index in [0.29, 0.717) is 11.5 Å². The van der Waals surface area contributed by atoms with Crippen LogP contribution in [0.15, 0.2) is 42.7 Å². The minimum absolute atomic E-state index is 0.116. The molecule has 2 aromatic rings. The van der Waals surface area contributed by atoms with Crippen LogP contribution in [0.2, 0.25) is 0 Å². The smallest absolute Gasteiger partial charge is 0.254 e. The first-order chi connectivity index (χ1) is 11.7. The molecule has 2 atom stereocenters. The number of rotatable bonds is 6. The molecule has 1 N–H and O–H groups in total. The minimum Gasteiger partial charge on any atom is -0.348 e. The van der Waals surface area contributed by atoms with Gasteiger partial charge < -0.3 is 5.32 Å². The summed E-state index contributed by atoms with van der Waals surface area (Å²) in [6, 6.07) is 10.5. The largest absolute Gasteiger partial charge is 0.348 e. The molecule has 1 aliphatic rings. The maximum Gasteiger partial charge on any atom is 0.254 e. The topological polar surface area (TPSA) is 50.2 Å². The Bertz CT molecular complexity index is 673. The Morgan fingerprint density at radius 2 is 2.12 bits per heavy atom. The lowest BCUT2D eigenvalue weighted by atomic mass is 10.1. The molecular formula is C18H23FN4O. The van der Waals surface area contributed by atoms with Gasteiger partial charge in [-0.3, -0.25) is 14.4 Å². The Morgan fingerprint density at radius 3 is 2.88 bits per heavy atom. The number of benzene rings is 1. The molecule has 5 nitrogen and oxygen atoms in total. The SMILES string of the molecule is CC1CN(Cc2ccccc2)CC1NC(=O)c1cnn(CCF)c1. The number of aryl methyl sites for hydroxylation is 1. The fourth-order valence-electron chi connectivity index (χ4n) is 3.17. The number of alkyl halides is 1. The van der Waals surface area contributed by atoms with Gasteiger partial charge in [0, 0.05) is 31.9 Å². The van der Waals surface area contributed by atoms with Crippen LogP contribution < -0.4 is 5.32 Å². The highest BCUT2D eigenvalue weighted by atomic mass is 19.1. The van der Waals surface area contributed by atoms with Crippen LogP contribution in [-0.4, -0.2) is 46.4 Å². The highest BCUT2D eigenvalue weighted by Gasteiger charge is 2.31. The first-order valence-corrected chi connectivity index (χ1v) is 8.31. The summed E-state index contributed by atoms with van der Waals surface area (Å²) in [7, 11) is 0. The second-order valence-corrected chi connectivity index (χ2v) is 6.42. The van der Waals surface area contributed by atoms with E-state index in [1.807, 2.05) is 18.2 Å². The summed E-state index contributed by atoms with van der Waals surface area (Å²) in [6.45, 7) is 4.53. The Kier molecular flexibility index (Phi) is 5.25. The molecule has 24 heavy (non-hydrogen) atoms. The summed E-state index contributed by atoms with van der Waals surface area (Å²) in [5.74, 6) is 0.247. The summed E-state index contributed by atoms with van der Waals surface area (Å²) in [4.78, 5) is 14.7. The zero-order valence-corrected chi connectivity index (χ0v) is 13.9. The van der Waals surface area contributed by atoms with E-state index in [-0.39, 0.29) is 18.5 Å². The van der Waals surface area contributed by atoms with Crippen LogP contribution in [0.3, 0.4) is 0 Å². The summed E-state index contributed by atoms with van der Waals surface area (Å²) in [6.07, 6.45) is 3.09. The number of aromatic nitrogens is 2. The maximum absolute atomic E-state index is 12.4. The van der Waals surface area contributed by atoms with Crippen LogP contribution >= 0.6 is 0 Å². The molecule has 1 aromatic carbocycles. The van der Waals surface area contributed by atoms with Crippen molar-refractivity contribution in [2.24, 2.45) is 5.92 Å². The van der Waals surface area contributed by atoms with E-state index in [2.05, 4.69) is 34.4 Å². The lowest BCUT2D eigenvalue weighted by Crippen LogP contribution is -2.39. The van der Waals surface area contributed by atoms with E-state index in [9.17, 15) is 9.18 Å². The lowest BCUT2D eigenvalue weighted by molar-refractivity contribution is 0.0931. The molecule has 0 saturated carbocycles. The third-order valence-electron chi connectivity index (χ3n) is 4.46. The van der Waals surface area contributed by atoms with Crippen molar-refractivity contribution < 1.29 is 9.18 Å². The summed E-state index contributed by atoms with van der Waals surface area (Å²) < 4.78 is 13.8. The van der Waals surface area contributed by atoms with Crippen molar-refractivity contribution in [1.82, 2.24) is 20.0 Å². The van der Waals surface area contributed by atoms with Crippen molar-refractivity contribution in [1.29, 1.82) is 0 Å². The van der Waals surface area contributed by atoms with Crippen molar-refractivity contribution in [3.63, 3.8) is 0 Å². The van der Waals surface area contributed by atoms with Crippen LogP contribution in [0, 0.1) is 5.92 Å². The molecule has 2 heterocycles. The van der Waals surface area contributed by atoms with Gasteiger partial charge in [0.15, 0.2) is 0 Å². The Morgan fingerprint density at radius 1 is 1.33 bits per heavy atom. The average Bonchev–Trinajstić information content (AvgIpc) is 3.16. The summed E-state index contributed by atoms with van der Waals surface area (Å²) in [5, 5.41) is 7.09. The van der Waals surface area contributed by atoms with E-state index in [1.165, 1.54) is 16.4 Å². The van der Waals surface area contributed by atoms with E-state index in [4.69, 9.17) is 0 Å². The number of hydrogen-bond acceptors (Lipinski definition) is 3. The zero-order valence-electron chi connectivity index (χ0n) is 13.9. The van der Waals surface area contributed by atoms with Crippen molar-refractivity contribution in [2.75, 3.05) is 19.8 Å². The number of carbonyl (C=O) groups is 1. The van der Waals surface area contributed by atoms with Crippen LogP contribution in [-0.2, 0) is 13.1 Å². The molecule has 6 heteroatoms. The molecule has 3 rings (SSSR count). The van der Waals surface area contributed by atoms with Gasteiger partial charge in [-0.2, -0.15) is 5.10 Å². The van der Waals surface area contributed by atoms with E-state index >= 15 is 0 Å². The first kappa shape index (κ1) is 16.6. The Balaban J connectivity index is 1.55. The number of nitrogens with one attached hydrogen (secondary N) is 1. The van der Waals surface area contributed by atoms with Crippen molar-refractivity contribution in [3.05, 3.63) is 53.9 Å². The lowest BCUT2D eigenvalue weighted by Gasteiger charge is -2.17. The molecule has 1 amide bonds. The van der Waals surface area contributed by atoms with Gasteiger partial charge in [0.25, 0.3) is 5.91 Å². The molecule has 1 saturated heterocycles. The number of carbonyl (C=O) groups excluding carboxylic acids is 1. The molecule has 1 fully saturated rings. The second-order valence-electron chi connectivity index (χ2n) is 6.42. The number of amides is 1. The normalized spacial score (nSPS) is 21.1. The third-order valence-corrected chi connectivity index (χ3v) is 4.46. The molecule has 2 unspecified atom stereocenters. The molecule has 0 bridgehead atoms. The van der Waals surface area contributed by atoms with Crippen molar-refractivity contribution in [3.8, 4) is 0 Å². The number of hydrogen-bond donors (Lipinski definition) is 1. The van der Waals surface area contributed by atoms with Crippen LogP contribution in [0.5, 0.6) is 0 Å². The highest BCUT2D eigenvalue weighted by molar-refractivity contribution is 5.93. The highest BCUT2D eigenvalue weighted by Crippen LogP contribution is 2.19. The van der Waals surface area contributed by atoms with Gasteiger partial charge >= 0.3 is 0 Å². The minimum atomic E-state index is -0.489. The van der Waals surface area contributed by atoms with Crippen LogP contribution in [0.25, 0.3) is 0 Å². The molecule has 0 aliphatic carbocycles. The summed E-state index contributed by atoms with van der Waals surface area (Å²) in [5.41, 5.74) is 1.77. The molecule has 1 aromatic heterocycles. The number of halogens is 1. The van der Waals surface area contributed by atoms with Gasteiger partial charge in [-0.1, -0.05) is 37.3 Å². The molecule has 0 radical (unpaired) electrons. The predicted molar refractivity (Wildman–Crippen MR) is 90.3 cm³/mol. The molecule has 1 aliphatic heterocycles. The standard InChI is InChI=1S/C18H23FN4O/c1-14-10-22(11-15-5-3-2-4-6-15)13-17(14)21-18(24)16-9-20-23(12-16)8-7-19/h2-6,9,12,14,17H,7-8,10-11,13H2,1H3,(H,21,24). The van der Waals surface area contributed by atoms with Gasteiger partial charge in [0.2, 0.25) is 0 Å². The quantitative estimate of drug-likeness (QED) is 0.882. The van der Waals surface area contributed by atoms with Gasteiger partial charge in [-0.25, -0.2) is 4.39 Å². The number of nitrogens with zero attached hydrogens (tertiary/aromatic N) is 3. The van der Waals surface area contributed by atoms with E-state index in [0.717, 1.165) is 19.6 Å². The van der Waals surface area contributed by atoms with Gasteiger partial charge in [-0.05, 0) is 11.5 Å². The van der Waals surface area contributed by atoms with E-state index in [1.54, 1.807) is 6.20 Å². The average molecular weight is 330 g/mol. The molecular weight excluding hydrogens is 307 g/mol. The monoisotopic (exact) mass is 330 g/mol. The number of likely N-dealkylation sites (tertiary alicyclic amines) is 1. The molecule has 0 spiro atoms. The first-order valence-electron chi connectivity index (χ1n) is 8.31. The summed E-state index contributed by atoms with van der Waals surface area (Å²) >= 11 is 0. The zero-order chi connectivity index (χ0) is 16.9. The molecule has 128 valence electrons. The van der Waals surface area contributed by atoms with Gasteiger partial charge in [-0.15, -0.1) is 0 Å². The van der Waals surface area contributed by atoms with Crippen molar-refractivity contribution >= 4 is 5.91 Å². The Hall–Kier alpha value is -2.21. The fraction of sp³-hybridized carbons (Fsp3) is 0.444. The van der Waals surface area contributed by atoms with Crippen molar-refractivity contribution in [2.45, 2.75) is 26.1 Å². The third kappa shape index (κ3) is 4.00. The fourth-order valence-corrected chi connectivity index (χ4v) is 3.17. The van der Waals surface area contributed by atoms with E-state index < -0.39 is 6.67 Å².